The maximum Gasteiger partial charge on any atom is 0.419 e. The summed E-state index contributed by atoms with van der Waals surface area (Å²) in [4.78, 5) is 34.8. The number of carbonyl (C=O) groups is 2. The van der Waals surface area contributed by atoms with Crippen LogP contribution in [0.5, 0.6) is 11.5 Å². The number of nitrogens with zero attached hydrogens (tertiary/aromatic N) is 3. The number of rotatable bonds is 10. The molecule has 0 aliphatic heterocycles. The number of carbonyl (C=O) groups excluding carboxylic acids is 1. The van der Waals surface area contributed by atoms with E-state index < -0.39 is 52.5 Å². The van der Waals surface area contributed by atoms with E-state index in [2.05, 4.69) is 15.3 Å². The maximum atomic E-state index is 15.4. The van der Waals surface area contributed by atoms with Crippen LogP contribution in [0, 0.1) is 5.82 Å². The number of aromatic nitrogens is 2. The number of amides is 1. The summed E-state index contributed by atoms with van der Waals surface area (Å²) in [5.74, 6) is -4.52. The SMILES string of the molecule is CCc1cccc(NCc2ccc(Oc3cc(C(=O)O)c(N(C(=O)c4ccc(Cl)cn4)C(C)C)cc3F)c(C(F)(F)F)c2)n1. The molecule has 44 heavy (non-hydrogen) atoms. The van der Waals surface area contributed by atoms with Crippen molar-refractivity contribution in [1.29, 1.82) is 0 Å². The van der Waals surface area contributed by atoms with Crippen LogP contribution >= 0.6 is 11.6 Å². The van der Waals surface area contributed by atoms with Crippen LogP contribution in [0.25, 0.3) is 0 Å². The molecule has 2 heterocycles. The van der Waals surface area contributed by atoms with Crippen LogP contribution in [0.4, 0.5) is 29.1 Å². The van der Waals surface area contributed by atoms with E-state index in [9.17, 15) is 27.9 Å². The normalized spacial score (nSPS) is 11.4. The molecule has 0 spiro atoms. The largest absolute Gasteiger partial charge is 0.478 e. The Morgan fingerprint density at radius 2 is 1.82 bits per heavy atom. The molecule has 4 rings (SSSR count). The van der Waals surface area contributed by atoms with Gasteiger partial charge in [-0.2, -0.15) is 13.2 Å². The summed E-state index contributed by atoms with van der Waals surface area (Å²) in [7, 11) is 0. The van der Waals surface area contributed by atoms with Gasteiger partial charge in [-0.05, 0) is 62.2 Å². The highest BCUT2D eigenvalue weighted by Crippen LogP contribution is 2.41. The van der Waals surface area contributed by atoms with Gasteiger partial charge in [0.05, 0.1) is 21.8 Å². The number of benzene rings is 2. The number of ether oxygens (including phenoxy) is 1. The molecule has 0 atom stereocenters. The first kappa shape index (κ1) is 32.2. The van der Waals surface area contributed by atoms with Crippen LogP contribution in [0.3, 0.4) is 0 Å². The highest BCUT2D eigenvalue weighted by Gasteiger charge is 2.35. The van der Waals surface area contributed by atoms with Crippen molar-refractivity contribution >= 4 is 35.0 Å². The first-order valence-electron chi connectivity index (χ1n) is 13.4. The first-order valence-corrected chi connectivity index (χ1v) is 13.8. The standard InChI is InChI=1S/C31H27ClF4N4O4/c1-4-20-6-5-7-28(39-20)38-15-18-8-11-26(22(12-18)31(34,35)36)44-27-13-21(30(42)43)25(14-23(27)33)40(17(2)3)29(41)24-10-9-19(32)16-37-24/h5-14,16-17H,4,15H2,1-3H3,(H,38,39)(H,42,43). The summed E-state index contributed by atoms with van der Waals surface area (Å²) in [5.41, 5.74) is -1.13. The molecule has 0 aliphatic rings. The number of hydrogen-bond donors (Lipinski definition) is 2. The second-order valence-corrected chi connectivity index (χ2v) is 10.3. The van der Waals surface area contributed by atoms with Crippen LogP contribution < -0.4 is 15.0 Å². The van der Waals surface area contributed by atoms with Gasteiger partial charge >= 0.3 is 12.1 Å². The van der Waals surface area contributed by atoms with Crippen molar-refractivity contribution in [3.8, 4) is 11.5 Å². The summed E-state index contributed by atoms with van der Waals surface area (Å²) >= 11 is 5.84. The van der Waals surface area contributed by atoms with Gasteiger partial charge < -0.3 is 20.1 Å². The molecule has 2 aromatic carbocycles. The number of hydrogen-bond acceptors (Lipinski definition) is 6. The minimum Gasteiger partial charge on any atom is -0.478 e. The number of nitrogens with one attached hydrogen (secondary N) is 1. The van der Waals surface area contributed by atoms with E-state index in [1.807, 2.05) is 13.0 Å². The van der Waals surface area contributed by atoms with E-state index >= 15 is 4.39 Å². The summed E-state index contributed by atoms with van der Waals surface area (Å²) in [6, 6.07) is 12.1. The molecule has 1 amide bonds. The molecule has 0 aliphatic carbocycles. The number of carboxylic acids is 1. The third-order valence-corrected chi connectivity index (χ3v) is 6.66. The smallest absolute Gasteiger partial charge is 0.419 e. The Hall–Kier alpha value is -4.71. The Balaban J connectivity index is 1.68. The van der Waals surface area contributed by atoms with E-state index in [-0.39, 0.29) is 28.5 Å². The molecule has 2 aromatic heterocycles. The summed E-state index contributed by atoms with van der Waals surface area (Å²) in [6.07, 6.45) is -2.97. The van der Waals surface area contributed by atoms with Crippen molar-refractivity contribution in [3.63, 3.8) is 0 Å². The van der Waals surface area contributed by atoms with E-state index in [4.69, 9.17) is 16.3 Å². The van der Waals surface area contributed by atoms with Crippen molar-refractivity contribution in [1.82, 2.24) is 9.97 Å². The van der Waals surface area contributed by atoms with E-state index in [0.717, 1.165) is 34.9 Å². The van der Waals surface area contributed by atoms with Gasteiger partial charge in [0, 0.05) is 36.6 Å². The zero-order valence-corrected chi connectivity index (χ0v) is 24.5. The number of aryl methyl sites for hydroxylation is 1. The summed E-state index contributed by atoms with van der Waals surface area (Å²) in [6.45, 7) is 5.08. The molecule has 2 N–H and O–H groups in total. The van der Waals surface area contributed by atoms with E-state index in [1.54, 1.807) is 26.0 Å². The minimum atomic E-state index is -4.88. The average Bonchev–Trinajstić information content (AvgIpc) is 2.97. The molecular formula is C31H27ClF4N4O4. The van der Waals surface area contributed by atoms with Crippen LogP contribution in [0.2, 0.25) is 5.02 Å². The number of anilines is 2. The lowest BCUT2D eigenvalue weighted by atomic mass is 10.1. The van der Waals surface area contributed by atoms with Crippen molar-refractivity contribution in [2.24, 2.45) is 0 Å². The van der Waals surface area contributed by atoms with Crippen molar-refractivity contribution in [2.75, 3.05) is 10.2 Å². The van der Waals surface area contributed by atoms with Gasteiger partial charge in [0.2, 0.25) is 0 Å². The second-order valence-electron chi connectivity index (χ2n) is 9.89. The Kier molecular flexibility index (Phi) is 9.73. The number of halogens is 5. The van der Waals surface area contributed by atoms with Crippen LogP contribution in [0.15, 0.2) is 66.9 Å². The average molecular weight is 631 g/mol. The molecule has 8 nitrogen and oxygen atoms in total. The second kappa shape index (κ2) is 13.3. The van der Waals surface area contributed by atoms with Gasteiger partial charge in [-0.1, -0.05) is 30.7 Å². The van der Waals surface area contributed by atoms with Crippen LogP contribution in [-0.4, -0.2) is 33.0 Å². The predicted octanol–water partition coefficient (Wildman–Crippen LogP) is 8.01. The molecule has 0 fully saturated rings. The highest BCUT2D eigenvalue weighted by molar-refractivity contribution is 6.30. The zero-order chi connectivity index (χ0) is 32.2. The molecule has 13 heteroatoms. The van der Waals surface area contributed by atoms with Crippen LogP contribution in [-0.2, 0) is 19.1 Å². The highest BCUT2D eigenvalue weighted by atomic mass is 35.5. The third kappa shape index (κ3) is 7.43. The fourth-order valence-electron chi connectivity index (χ4n) is 4.32. The van der Waals surface area contributed by atoms with Gasteiger partial charge in [0.1, 0.15) is 17.3 Å². The lowest BCUT2D eigenvalue weighted by Gasteiger charge is -2.28. The van der Waals surface area contributed by atoms with Gasteiger partial charge in [-0.3, -0.25) is 4.79 Å². The van der Waals surface area contributed by atoms with Gasteiger partial charge in [-0.15, -0.1) is 0 Å². The molecule has 0 saturated heterocycles. The Labute approximate surface area is 255 Å². The monoisotopic (exact) mass is 630 g/mol. The van der Waals surface area contributed by atoms with Gasteiger partial charge in [-0.25, -0.2) is 19.2 Å². The molecule has 0 unspecified atom stereocenters. The molecule has 4 aromatic rings. The third-order valence-electron chi connectivity index (χ3n) is 6.43. The Morgan fingerprint density at radius 1 is 1.07 bits per heavy atom. The molecule has 230 valence electrons. The molecular weight excluding hydrogens is 604 g/mol. The van der Waals surface area contributed by atoms with Crippen molar-refractivity contribution in [2.45, 2.75) is 46.0 Å². The van der Waals surface area contributed by atoms with E-state index in [0.29, 0.717) is 12.2 Å². The lowest BCUT2D eigenvalue weighted by molar-refractivity contribution is -0.138. The zero-order valence-electron chi connectivity index (χ0n) is 23.7. The molecule has 0 bridgehead atoms. The number of carboxylic acid groups (broad SMARTS) is 1. The van der Waals surface area contributed by atoms with Gasteiger partial charge in [0.25, 0.3) is 5.91 Å². The summed E-state index contributed by atoms with van der Waals surface area (Å²) < 4.78 is 63.0. The predicted molar refractivity (Wildman–Crippen MR) is 157 cm³/mol. The van der Waals surface area contributed by atoms with Crippen LogP contribution in [0.1, 0.15) is 58.4 Å². The van der Waals surface area contributed by atoms with Crippen molar-refractivity contribution in [3.05, 3.63) is 106 Å². The minimum absolute atomic E-state index is 0.0112. The topological polar surface area (TPSA) is 105 Å². The Bertz CT molecular complexity index is 1680. The van der Waals surface area contributed by atoms with E-state index in [1.165, 1.54) is 24.4 Å². The van der Waals surface area contributed by atoms with Gasteiger partial charge in [0.15, 0.2) is 11.6 Å². The molecule has 0 radical (unpaired) electrons. The fraction of sp³-hybridized carbons (Fsp3) is 0.226. The number of aromatic carboxylic acids is 1. The lowest BCUT2D eigenvalue weighted by Crippen LogP contribution is -2.38. The maximum absolute atomic E-state index is 15.4. The number of pyridine rings is 2. The quantitative estimate of drug-likeness (QED) is 0.171. The van der Waals surface area contributed by atoms with Crippen molar-refractivity contribution < 1.29 is 37.0 Å². The summed E-state index contributed by atoms with van der Waals surface area (Å²) in [5, 5.41) is 13.2. The number of alkyl halides is 3. The Morgan fingerprint density at radius 3 is 2.43 bits per heavy atom. The fourth-order valence-corrected chi connectivity index (χ4v) is 4.43. The first-order chi connectivity index (χ1) is 20.8. The molecule has 0 saturated carbocycles.